The van der Waals surface area contributed by atoms with E-state index in [1.807, 2.05) is 30.3 Å². The molecule has 0 aliphatic carbocycles. The fourth-order valence-electron chi connectivity index (χ4n) is 2.13. The average molecular weight is 346 g/mol. The number of carbonyl (C=O) groups is 2. The van der Waals surface area contributed by atoms with Crippen molar-refractivity contribution in [2.24, 2.45) is 0 Å². The number of amides is 1. The molecule has 25 heavy (non-hydrogen) atoms. The first kappa shape index (κ1) is 18.5. The molecule has 0 saturated heterocycles. The van der Waals surface area contributed by atoms with Crippen molar-refractivity contribution in [2.45, 2.75) is 39.8 Å². The van der Waals surface area contributed by atoms with Gasteiger partial charge in [0.1, 0.15) is 23.6 Å². The second kappa shape index (κ2) is 7.38. The molecule has 1 aromatic heterocycles. The van der Waals surface area contributed by atoms with Crippen LogP contribution in [0.2, 0.25) is 0 Å². The lowest BCUT2D eigenvalue weighted by Crippen LogP contribution is -2.39. The molecule has 0 radical (unpaired) electrons. The van der Waals surface area contributed by atoms with Gasteiger partial charge < -0.3 is 14.3 Å². The lowest BCUT2D eigenvalue weighted by atomic mass is 10.2. The van der Waals surface area contributed by atoms with Gasteiger partial charge >= 0.3 is 12.1 Å². The van der Waals surface area contributed by atoms with E-state index in [4.69, 9.17) is 14.3 Å². The van der Waals surface area contributed by atoms with Crippen molar-refractivity contribution >= 4 is 12.1 Å². The number of carboxylic acid groups (broad SMARTS) is 1. The number of aliphatic carboxylic acids is 1. The Balaban J connectivity index is 2.22. The minimum absolute atomic E-state index is 0.0105. The third-order valence-electron chi connectivity index (χ3n) is 3.23. The van der Waals surface area contributed by atoms with Gasteiger partial charge in [0.25, 0.3) is 0 Å². The van der Waals surface area contributed by atoms with E-state index >= 15 is 0 Å². The number of hydrogen-bond donors (Lipinski definition) is 1. The number of ether oxygens (including phenoxy) is 1. The molecule has 0 bridgehead atoms. The first-order valence-electron chi connectivity index (χ1n) is 7.87. The van der Waals surface area contributed by atoms with Crippen LogP contribution in [-0.4, -0.2) is 39.2 Å². The van der Waals surface area contributed by atoms with Crippen LogP contribution in [0.25, 0.3) is 11.5 Å². The highest BCUT2D eigenvalue weighted by Gasteiger charge is 2.26. The molecular formula is C18H22N2O5. The molecule has 2 aromatic rings. The molecule has 0 fully saturated rings. The highest BCUT2D eigenvalue weighted by molar-refractivity contribution is 5.77. The monoisotopic (exact) mass is 346 g/mol. The van der Waals surface area contributed by atoms with Crippen LogP contribution >= 0.6 is 0 Å². The van der Waals surface area contributed by atoms with Gasteiger partial charge in [-0.1, -0.05) is 18.2 Å². The summed E-state index contributed by atoms with van der Waals surface area (Å²) in [4.78, 5) is 28.8. The summed E-state index contributed by atoms with van der Waals surface area (Å²) >= 11 is 0. The molecule has 1 heterocycles. The SMILES string of the molecule is Cc1oc(-c2ccccc2)nc1CN(CC(=O)O)C(=O)OC(C)(C)C. The standard InChI is InChI=1S/C18H22N2O5/c1-12-14(19-16(24-12)13-8-6-5-7-9-13)10-20(11-15(21)22)17(23)25-18(2,3)4/h5-9H,10-11H2,1-4H3,(H,21,22). The fourth-order valence-corrected chi connectivity index (χ4v) is 2.13. The van der Waals surface area contributed by atoms with Crippen molar-refractivity contribution in [3.8, 4) is 11.5 Å². The molecule has 2 rings (SSSR count). The van der Waals surface area contributed by atoms with E-state index in [0.717, 1.165) is 10.5 Å². The Bertz CT molecular complexity index is 747. The number of nitrogens with zero attached hydrogens (tertiary/aromatic N) is 2. The van der Waals surface area contributed by atoms with Crippen molar-refractivity contribution in [3.63, 3.8) is 0 Å². The molecule has 0 aliphatic heterocycles. The third kappa shape index (κ3) is 5.34. The summed E-state index contributed by atoms with van der Waals surface area (Å²) in [6.07, 6.45) is -0.710. The lowest BCUT2D eigenvalue weighted by Gasteiger charge is -2.25. The normalized spacial score (nSPS) is 11.2. The number of aryl methyl sites for hydroxylation is 1. The average Bonchev–Trinajstić information content (AvgIpc) is 2.86. The van der Waals surface area contributed by atoms with E-state index in [1.165, 1.54) is 0 Å². The van der Waals surface area contributed by atoms with Crippen molar-refractivity contribution < 1.29 is 23.8 Å². The van der Waals surface area contributed by atoms with Crippen LogP contribution in [0, 0.1) is 6.92 Å². The molecule has 0 unspecified atom stereocenters. The summed E-state index contributed by atoms with van der Waals surface area (Å²) in [5, 5.41) is 9.07. The van der Waals surface area contributed by atoms with Crippen LogP contribution in [0.1, 0.15) is 32.2 Å². The summed E-state index contributed by atoms with van der Waals surface area (Å²) in [6.45, 7) is 6.39. The predicted molar refractivity (Wildman–Crippen MR) is 91.0 cm³/mol. The molecule has 0 spiro atoms. The molecule has 0 atom stereocenters. The Kier molecular flexibility index (Phi) is 5.46. The van der Waals surface area contributed by atoms with E-state index < -0.39 is 24.2 Å². The first-order chi connectivity index (χ1) is 11.7. The smallest absolute Gasteiger partial charge is 0.411 e. The first-order valence-corrected chi connectivity index (χ1v) is 7.87. The maximum absolute atomic E-state index is 12.3. The third-order valence-corrected chi connectivity index (χ3v) is 3.23. The number of carbonyl (C=O) groups excluding carboxylic acids is 1. The minimum atomic E-state index is -1.13. The molecule has 7 heteroatoms. The maximum atomic E-state index is 12.3. The minimum Gasteiger partial charge on any atom is -0.480 e. The number of aromatic nitrogens is 1. The summed E-state index contributed by atoms with van der Waals surface area (Å²) in [5.74, 6) is -0.180. The highest BCUT2D eigenvalue weighted by atomic mass is 16.6. The summed E-state index contributed by atoms with van der Waals surface area (Å²) in [7, 11) is 0. The largest absolute Gasteiger partial charge is 0.480 e. The zero-order valence-electron chi connectivity index (χ0n) is 14.8. The second-order valence-electron chi connectivity index (χ2n) is 6.62. The van der Waals surface area contributed by atoms with E-state index in [2.05, 4.69) is 4.98 Å². The van der Waals surface area contributed by atoms with Gasteiger partial charge in [0, 0.05) is 5.56 Å². The Labute approximate surface area is 146 Å². The summed E-state index contributed by atoms with van der Waals surface area (Å²) in [6, 6.07) is 9.34. The van der Waals surface area contributed by atoms with Crippen LogP contribution in [0.3, 0.4) is 0 Å². The van der Waals surface area contributed by atoms with Crippen molar-refractivity contribution in [2.75, 3.05) is 6.54 Å². The Morgan fingerprint density at radius 3 is 2.44 bits per heavy atom. The van der Waals surface area contributed by atoms with Crippen LogP contribution in [0.4, 0.5) is 4.79 Å². The van der Waals surface area contributed by atoms with E-state index in [1.54, 1.807) is 27.7 Å². The fraction of sp³-hybridized carbons (Fsp3) is 0.389. The van der Waals surface area contributed by atoms with Crippen LogP contribution in [-0.2, 0) is 16.1 Å². The molecule has 134 valence electrons. The van der Waals surface area contributed by atoms with Crippen molar-refractivity contribution in [1.29, 1.82) is 0 Å². The Morgan fingerprint density at radius 1 is 1.24 bits per heavy atom. The molecule has 0 aliphatic rings. The van der Waals surface area contributed by atoms with E-state index in [9.17, 15) is 9.59 Å². The summed E-state index contributed by atoms with van der Waals surface area (Å²) < 4.78 is 10.9. The van der Waals surface area contributed by atoms with Crippen molar-refractivity contribution in [3.05, 3.63) is 41.8 Å². The maximum Gasteiger partial charge on any atom is 0.411 e. The molecule has 1 N–H and O–H groups in total. The van der Waals surface area contributed by atoms with Gasteiger partial charge in [-0.3, -0.25) is 9.69 Å². The predicted octanol–water partition coefficient (Wildman–Crippen LogP) is 3.47. The molecular weight excluding hydrogens is 324 g/mol. The Morgan fingerprint density at radius 2 is 1.88 bits per heavy atom. The molecule has 1 aromatic carbocycles. The molecule has 1 amide bonds. The van der Waals surface area contributed by atoms with Gasteiger partial charge in [-0.15, -0.1) is 0 Å². The topological polar surface area (TPSA) is 92.9 Å². The second-order valence-corrected chi connectivity index (χ2v) is 6.62. The quantitative estimate of drug-likeness (QED) is 0.891. The van der Waals surface area contributed by atoms with Crippen LogP contribution < -0.4 is 0 Å². The lowest BCUT2D eigenvalue weighted by molar-refractivity contribution is -0.138. The number of hydrogen-bond acceptors (Lipinski definition) is 5. The van der Waals surface area contributed by atoms with Gasteiger partial charge in [0.05, 0.1) is 6.54 Å². The van der Waals surface area contributed by atoms with E-state index in [-0.39, 0.29) is 6.54 Å². The van der Waals surface area contributed by atoms with Gasteiger partial charge in [0.2, 0.25) is 5.89 Å². The van der Waals surface area contributed by atoms with Gasteiger partial charge in [-0.25, -0.2) is 9.78 Å². The zero-order valence-corrected chi connectivity index (χ0v) is 14.8. The number of carboxylic acids is 1. The van der Waals surface area contributed by atoms with Crippen molar-refractivity contribution in [1.82, 2.24) is 9.88 Å². The molecule has 7 nitrogen and oxygen atoms in total. The van der Waals surface area contributed by atoms with Gasteiger partial charge in [0.15, 0.2) is 0 Å². The summed E-state index contributed by atoms with van der Waals surface area (Å²) in [5.41, 5.74) is 0.576. The van der Waals surface area contributed by atoms with Crippen LogP contribution in [0.5, 0.6) is 0 Å². The zero-order chi connectivity index (χ0) is 18.6. The number of oxazole rings is 1. The highest BCUT2D eigenvalue weighted by Crippen LogP contribution is 2.22. The van der Waals surface area contributed by atoms with E-state index in [0.29, 0.717) is 17.3 Å². The Hall–Kier alpha value is -2.83. The molecule has 0 saturated carbocycles. The number of benzene rings is 1. The van der Waals surface area contributed by atoms with Crippen LogP contribution in [0.15, 0.2) is 34.7 Å². The number of rotatable bonds is 5. The van der Waals surface area contributed by atoms with Gasteiger partial charge in [-0.2, -0.15) is 0 Å². The van der Waals surface area contributed by atoms with Gasteiger partial charge in [-0.05, 0) is 39.8 Å².